The number of nitrogens with one attached hydrogen (secondary N) is 1. The molecule has 0 unspecified atom stereocenters. The van der Waals surface area contributed by atoms with Crippen LogP contribution in [0.1, 0.15) is 69.6 Å². The lowest BCUT2D eigenvalue weighted by Crippen LogP contribution is -2.54. The van der Waals surface area contributed by atoms with Crippen LogP contribution in [0.5, 0.6) is 0 Å². The van der Waals surface area contributed by atoms with E-state index in [0.717, 1.165) is 42.4 Å². The zero-order chi connectivity index (χ0) is 30.8. The Balaban J connectivity index is 1.23. The van der Waals surface area contributed by atoms with E-state index in [1.807, 2.05) is 31.3 Å². The van der Waals surface area contributed by atoms with Crippen LogP contribution in [0.25, 0.3) is 0 Å². The summed E-state index contributed by atoms with van der Waals surface area (Å²) in [4.78, 5) is 33.8. The van der Waals surface area contributed by atoms with Crippen LogP contribution < -0.4 is 15.1 Å². The first-order valence-electron chi connectivity index (χ1n) is 15.8. The van der Waals surface area contributed by atoms with Gasteiger partial charge in [-0.1, -0.05) is 19.1 Å². The number of likely N-dealkylation sites (tertiary alicyclic amines) is 1. The van der Waals surface area contributed by atoms with Gasteiger partial charge in [0.15, 0.2) is 0 Å². The summed E-state index contributed by atoms with van der Waals surface area (Å²) >= 11 is 0. The molecule has 0 aliphatic carbocycles. The maximum atomic E-state index is 12.5. The molecular formula is C34H43N7O3. The van der Waals surface area contributed by atoms with Crippen molar-refractivity contribution in [1.82, 2.24) is 19.9 Å². The molecule has 3 fully saturated rings. The van der Waals surface area contributed by atoms with Crippen molar-refractivity contribution in [3.63, 3.8) is 0 Å². The smallest absolute Gasteiger partial charge is 0.415 e. The van der Waals surface area contributed by atoms with Crippen LogP contribution in [0.4, 0.5) is 33.9 Å². The number of hydrogen-bond donors (Lipinski definition) is 1. The normalized spacial score (nSPS) is 26.8. The number of aromatic nitrogens is 3. The van der Waals surface area contributed by atoms with Crippen LogP contribution in [0, 0.1) is 6.92 Å². The van der Waals surface area contributed by atoms with E-state index in [2.05, 4.69) is 68.1 Å². The lowest BCUT2D eigenvalue weighted by molar-refractivity contribution is -0.0893. The van der Waals surface area contributed by atoms with Crippen LogP contribution in [0.15, 0.2) is 42.6 Å². The molecule has 0 spiro atoms. The molecule has 1 aromatic carbocycles. The van der Waals surface area contributed by atoms with Gasteiger partial charge in [-0.2, -0.15) is 4.98 Å². The maximum Gasteiger partial charge on any atom is 0.415 e. The van der Waals surface area contributed by atoms with E-state index in [-0.39, 0.29) is 29.2 Å². The number of ether oxygens (including phenoxy) is 2. The van der Waals surface area contributed by atoms with Crippen molar-refractivity contribution in [2.24, 2.45) is 0 Å². The zero-order valence-corrected chi connectivity index (χ0v) is 26.6. The summed E-state index contributed by atoms with van der Waals surface area (Å²) in [6.45, 7) is 13.9. The van der Waals surface area contributed by atoms with Crippen LogP contribution in [-0.2, 0) is 14.9 Å². The molecule has 7 rings (SSSR count). The van der Waals surface area contributed by atoms with Gasteiger partial charge in [-0.3, -0.25) is 4.90 Å². The molecule has 1 N–H and O–H groups in total. The predicted octanol–water partition coefficient (Wildman–Crippen LogP) is 6.05. The average Bonchev–Trinajstić information content (AvgIpc) is 3.45. The first kappa shape index (κ1) is 29.0. The van der Waals surface area contributed by atoms with Crippen molar-refractivity contribution in [3.05, 3.63) is 59.3 Å². The molecule has 10 heteroatoms. The molecule has 44 heavy (non-hydrogen) atoms. The molecule has 0 saturated carbocycles. The predicted molar refractivity (Wildman–Crippen MR) is 171 cm³/mol. The first-order chi connectivity index (χ1) is 21.0. The van der Waals surface area contributed by atoms with Crippen LogP contribution in [0.3, 0.4) is 0 Å². The summed E-state index contributed by atoms with van der Waals surface area (Å²) in [6.07, 6.45) is 4.76. The number of cyclic esters (lactones) is 1. The third kappa shape index (κ3) is 4.98. The third-order valence-electron chi connectivity index (χ3n) is 10.1. The van der Waals surface area contributed by atoms with Crippen molar-refractivity contribution >= 4 is 35.2 Å². The van der Waals surface area contributed by atoms with Gasteiger partial charge in [0.2, 0.25) is 5.95 Å². The summed E-state index contributed by atoms with van der Waals surface area (Å²) in [6, 6.07) is 12.4. The van der Waals surface area contributed by atoms with Crippen molar-refractivity contribution in [1.29, 1.82) is 0 Å². The number of aryl methyl sites for hydroxylation is 1. The minimum absolute atomic E-state index is 0.0487. The van der Waals surface area contributed by atoms with Gasteiger partial charge in [0, 0.05) is 22.9 Å². The van der Waals surface area contributed by atoms with Crippen molar-refractivity contribution in [2.75, 3.05) is 48.5 Å². The molecule has 1 amide bonds. The monoisotopic (exact) mass is 597 g/mol. The van der Waals surface area contributed by atoms with E-state index in [1.54, 1.807) is 4.90 Å². The minimum atomic E-state index is -0.369. The van der Waals surface area contributed by atoms with Gasteiger partial charge in [0.25, 0.3) is 0 Å². The highest BCUT2D eigenvalue weighted by Crippen LogP contribution is 2.53. The number of amides is 1. The molecule has 3 aromatic rings. The Morgan fingerprint density at radius 1 is 1.02 bits per heavy atom. The van der Waals surface area contributed by atoms with E-state index in [1.165, 1.54) is 24.0 Å². The van der Waals surface area contributed by atoms with Crippen LogP contribution in [-0.4, -0.2) is 77.0 Å². The number of fused-ring (bicyclic) bond motifs is 3. The Morgan fingerprint density at radius 3 is 2.48 bits per heavy atom. The number of piperidine rings is 1. The van der Waals surface area contributed by atoms with E-state index >= 15 is 0 Å². The number of benzene rings is 1. The highest BCUT2D eigenvalue weighted by Gasteiger charge is 2.55. The number of hydrogen-bond acceptors (Lipinski definition) is 9. The fraction of sp³-hybridized carbons (Fsp3) is 0.529. The molecule has 10 nitrogen and oxygen atoms in total. The summed E-state index contributed by atoms with van der Waals surface area (Å²) in [5.41, 5.74) is 4.11. The standard InChI is InChI=1S/C34H43N7O3/c1-21-16-24(10-11-25(21)23-12-14-39(6)15-13-23)36-31-35-18-26-30(38-31)41(27-17-33(3,4)44-20-34(26,27)5)29-9-7-8-28(37-29)40-22(2)19-43-32(40)42/h7-11,16,18,22-23,27H,12-15,17,19-20H2,1-6H3,(H,35,36,38)/t22-,27+,34+/m0/s1. The van der Waals surface area contributed by atoms with Gasteiger partial charge in [-0.15, -0.1) is 0 Å². The van der Waals surface area contributed by atoms with Crippen LogP contribution in [0.2, 0.25) is 0 Å². The minimum Gasteiger partial charge on any atom is -0.447 e. The van der Waals surface area contributed by atoms with Crippen LogP contribution >= 0.6 is 0 Å². The van der Waals surface area contributed by atoms with Crippen molar-refractivity contribution < 1.29 is 14.3 Å². The quantitative estimate of drug-likeness (QED) is 0.377. The van der Waals surface area contributed by atoms with Gasteiger partial charge in [-0.25, -0.2) is 14.8 Å². The molecular weight excluding hydrogens is 554 g/mol. The summed E-state index contributed by atoms with van der Waals surface area (Å²) < 4.78 is 11.7. The summed E-state index contributed by atoms with van der Waals surface area (Å²) in [5, 5.41) is 3.48. The fourth-order valence-electron chi connectivity index (χ4n) is 7.44. The average molecular weight is 598 g/mol. The molecule has 4 aliphatic heterocycles. The number of carbonyl (C=O) groups is 1. The Morgan fingerprint density at radius 2 is 1.77 bits per heavy atom. The summed E-state index contributed by atoms with van der Waals surface area (Å²) in [5.74, 6) is 3.28. The fourth-order valence-corrected chi connectivity index (χ4v) is 7.44. The maximum absolute atomic E-state index is 12.5. The van der Waals surface area contributed by atoms with Gasteiger partial charge < -0.3 is 24.6 Å². The molecule has 3 atom stereocenters. The van der Waals surface area contributed by atoms with Gasteiger partial charge in [-0.05, 0) is 108 Å². The molecule has 0 bridgehead atoms. The SMILES string of the molecule is Cc1cc(Nc2ncc3c(n2)N(c2cccc(N4C(=O)OC[C@@H]4C)n2)[C@@H]2CC(C)(C)OC[C@]32C)ccc1C1CCN(C)CC1. The number of rotatable bonds is 5. The molecule has 232 valence electrons. The van der Waals surface area contributed by atoms with Gasteiger partial charge >= 0.3 is 6.09 Å². The summed E-state index contributed by atoms with van der Waals surface area (Å²) in [7, 11) is 2.20. The van der Waals surface area contributed by atoms with Crippen molar-refractivity contribution in [2.45, 2.75) is 82.9 Å². The Labute approximate surface area is 259 Å². The zero-order valence-electron chi connectivity index (χ0n) is 26.6. The Kier molecular flexibility index (Phi) is 7.05. The Bertz CT molecular complexity index is 1590. The lowest BCUT2D eigenvalue weighted by atomic mass is 9.73. The van der Waals surface area contributed by atoms with Crippen molar-refractivity contribution in [3.8, 4) is 0 Å². The topological polar surface area (TPSA) is 96.0 Å². The second-order valence-electron chi connectivity index (χ2n) is 13.9. The van der Waals surface area contributed by atoms with Gasteiger partial charge in [0.1, 0.15) is 24.1 Å². The van der Waals surface area contributed by atoms with E-state index in [9.17, 15) is 4.79 Å². The van der Waals surface area contributed by atoms with E-state index < -0.39 is 0 Å². The first-order valence-corrected chi connectivity index (χ1v) is 15.8. The highest BCUT2D eigenvalue weighted by molar-refractivity contribution is 5.89. The third-order valence-corrected chi connectivity index (χ3v) is 10.1. The molecule has 0 radical (unpaired) electrons. The number of carbonyl (C=O) groups excluding carboxylic acids is 1. The largest absolute Gasteiger partial charge is 0.447 e. The molecule has 2 aromatic heterocycles. The van der Waals surface area contributed by atoms with E-state index in [4.69, 9.17) is 24.4 Å². The lowest BCUT2D eigenvalue weighted by Gasteiger charge is -2.46. The number of anilines is 5. The second kappa shape index (κ2) is 10.7. The Hall–Kier alpha value is -3.76. The number of nitrogens with zero attached hydrogens (tertiary/aromatic N) is 6. The second-order valence-corrected chi connectivity index (χ2v) is 13.9. The molecule has 4 aliphatic rings. The van der Waals surface area contributed by atoms with E-state index in [0.29, 0.717) is 30.9 Å². The molecule has 6 heterocycles. The molecule has 3 saturated heterocycles. The van der Waals surface area contributed by atoms with Gasteiger partial charge in [0.05, 0.1) is 24.3 Å². The highest BCUT2D eigenvalue weighted by atomic mass is 16.6. The number of pyridine rings is 1.